The average molecular weight is 375 g/mol. The molecule has 144 valence electrons. The van der Waals surface area contributed by atoms with Gasteiger partial charge in [-0.25, -0.2) is 9.18 Å². The molecular weight excluding hydrogens is 353 g/mol. The molecule has 2 aromatic heterocycles. The van der Waals surface area contributed by atoms with E-state index in [1.54, 1.807) is 0 Å². The van der Waals surface area contributed by atoms with Crippen molar-refractivity contribution < 1.29 is 19.0 Å². The Morgan fingerprint density at radius 3 is 2.74 bits per heavy atom. The molecule has 3 N–H and O–H groups in total. The lowest BCUT2D eigenvalue weighted by atomic mass is 10.0. The van der Waals surface area contributed by atoms with Gasteiger partial charge in [0.2, 0.25) is 0 Å². The molecule has 2 aromatic rings. The molecule has 1 unspecified atom stereocenters. The largest absolute Gasteiger partial charge is 0.511 e. The van der Waals surface area contributed by atoms with Crippen LogP contribution in [0.5, 0.6) is 5.75 Å². The van der Waals surface area contributed by atoms with E-state index in [4.69, 9.17) is 10.8 Å². The third-order valence-electron chi connectivity index (χ3n) is 5.56. The number of rotatable bonds is 4. The highest BCUT2D eigenvalue weighted by atomic mass is 19.1. The molecule has 0 spiro atoms. The van der Waals surface area contributed by atoms with Crippen LogP contribution in [-0.2, 0) is 0 Å². The van der Waals surface area contributed by atoms with Crippen molar-refractivity contribution >= 4 is 17.4 Å². The fourth-order valence-electron chi connectivity index (χ4n) is 4.11. The summed E-state index contributed by atoms with van der Waals surface area (Å²) in [6, 6.07) is 1.50. The number of pyridine rings is 2. The molecule has 0 radical (unpaired) electrons. The number of fused-ring (bicyclic) bond motifs is 1. The number of hydrogen-bond donors (Lipinski definition) is 2. The molecule has 0 bridgehead atoms. The van der Waals surface area contributed by atoms with Crippen molar-refractivity contribution in [1.82, 2.24) is 4.40 Å². The molecule has 8 heteroatoms. The minimum absolute atomic E-state index is 0.226. The van der Waals surface area contributed by atoms with Gasteiger partial charge in [-0.15, -0.1) is 0 Å². The van der Waals surface area contributed by atoms with Gasteiger partial charge in [-0.2, -0.15) is 0 Å². The summed E-state index contributed by atoms with van der Waals surface area (Å²) in [5.41, 5.74) is 7.75. The number of carboxylic acid groups (broad SMARTS) is 1. The van der Waals surface area contributed by atoms with Crippen molar-refractivity contribution in [3.05, 3.63) is 39.6 Å². The Kier molecular flexibility index (Phi) is 4.30. The smallest absolute Gasteiger partial charge is 0.449 e. The average Bonchev–Trinajstić information content (AvgIpc) is 3.35. The summed E-state index contributed by atoms with van der Waals surface area (Å²) in [5.74, 6) is -0.243. The summed E-state index contributed by atoms with van der Waals surface area (Å²) in [5, 5.41) is 8.89. The predicted molar refractivity (Wildman–Crippen MR) is 98.4 cm³/mol. The van der Waals surface area contributed by atoms with Gasteiger partial charge >= 0.3 is 6.16 Å². The highest BCUT2D eigenvalue weighted by Crippen LogP contribution is 2.44. The van der Waals surface area contributed by atoms with Crippen LogP contribution in [0.15, 0.2) is 17.1 Å². The van der Waals surface area contributed by atoms with Gasteiger partial charge in [0, 0.05) is 13.1 Å². The van der Waals surface area contributed by atoms with E-state index in [9.17, 15) is 14.0 Å². The van der Waals surface area contributed by atoms with Crippen LogP contribution in [0.2, 0.25) is 0 Å². The highest BCUT2D eigenvalue weighted by Gasteiger charge is 2.31. The Hall–Kier alpha value is -2.61. The first-order valence-electron chi connectivity index (χ1n) is 9.14. The first-order valence-corrected chi connectivity index (χ1v) is 9.14. The van der Waals surface area contributed by atoms with Gasteiger partial charge in [-0.3, -0.25) is 9.20 Å². The van der Waals surface area contributed by atoms with E-state index < -0.39 is 17.5 Å². The zero-order valence-electron chi connectivity index (χ0n) is 15.1. The van der Waals surface area contributed by atoms with Crippen LogP contribution in [0, 0.1) is 18.7 Å². The molecule has 1 atom stereocenters. The van der Waals surface area contributed by atoms with Gasteiger partial charge in [0.15, 0.2) is 11.6 Å². The van der Waals surface area contributed by atoms with Gasteiger partial charge in [-0.05, 0) is 61.8 Å². The molecule has 27 heavy (non-hydrogen) atoms. The Morgan fingerprint density at radius 2 is 2.15 bits per heavy atom. The second-order valence-electron chi connectivity index (χ2n) is 7.42. The van der Waals surface area contributed by atoms with E-state index in [1.807, 2.05) is 11.8 Å². The van der Waals surface area contributed by atoms with Crippen LogP contribution >= 0.6 is 0 Å². The van der Waals surface area contributed by atoms with Crippen molar-refractivity contribution in [2.45, 2.75) is 32.1 Å². The quantitative estimate of drug-likeness (QED) is 0.797. The summed E-state index contributed by atoms with van der Waals surface area (Å²) in [4.78, 5) is 25.6. The van der Waals surface area contributed by atoms with Gasteiger partial charge in [0.1, 0.15) is 0 Å². The maximum absolute atomic E-state index is 15.0. The maximum atomic E-state index is 15.0. The predicted octanol–water partition coefficient (Wildman–Crippen LogP) is 2.47. The van der Waals surface area contributed by atoms with Crippen molar-refractivity contribution in [1.29, 1.82) is 0 Å². The minimum Gasteiger partial charge on any atom is -0.449 e. The minimum atomic E-state index is -1.56. The summed E-state index contributed by atoms with van der Waals surface area (Å²) in [6.45, 7) is 3.78. The fraction of sp³-hybridized carbons (Fsp3) is 0.474. The van der Waals surface area contributed by atoms with E-state index in [0.29, 0.717) is 35.8 Å². The van der Waals surface area contributed by atoms with E-state index in [2.05, 4.69) is 4.74 Å². The van der Waals surface area contributed by atoms with E-state index in [1.165, 1.54) is 10.5 Å². The Morgan fingerprint density at radius 1 is 1.41 bits per heavy atom. The van der Waals surface area contributed by atoms with E-state index in [-0.39, 0.29) is 11.7 Å². The lowest BCUT2D eigenvalue weighted by Crippen LogP contribution is -2.26. The number of carbonyl (C=O) groups is 1. The van der Waals surface area contributed by atoms with Crippen LogP contribution in [-0.4, -0.2) is 35.3 Å². The molecule has 1 saturated carbocycles. The summed E-state index contributed by atoms with van der Waals surface area (Å²) in [7, 11) is 0. The number of ether oxygens (including phenoxy) is 1. The topological polar surface area (TPSA) is 97.3 Å². The third kappa shape index (κ3) is 3.03. The molecule has 2 aliphatic rings. The molecule has 3 heterocycles. The van der Waals surface area contributed by atoms with Crippen molar-refractivity contribution in [3.8, 4) is 5.75 Å². The third-order valence-corrected chi connectivity index (χ3v) is 5.56. The Labute approximate surface area is 155 Å². The zero-order valence-corrected chi connectivity index (χ0v) is 15.1. The molecule has 1 aliphatic carbocycles. The van der Waals surface area contributed by atoms with Crippen LogP contribution < -0.4 is 20.9 Å². The number of hydrogen-bond acceptors (Lipinski definition) is 5. The van der Waals surface area contributed by atoms with Gasteiger partial charge < -0.3 is 20.5 Å². The second kappa shape index (κ2) is 6.53. The number of aryl methyl sites for hydroxylation is 1. The van der Waals surface area contributed by atoms with E-state index >= 15 is 0 Å². The first kappa shape index (κ1) is 17.8. The molecule has 0 aromatic carbocycles. The number of halogens is 1. The molecule has 7 nitrogen and oxygen atoms in total. The van der Waals surface area contributed by atoms with Gasteiger partial charge in [-0.1, -0.05) is 0 Å². The van der Waals surface area contributed by atoms with Crippen molar-refractivity contribution in [2.75, 3.05) is 24.5 Å². The molecule has 1 saturated heterocycles. The second-order valence-corrected chi connectivity index (χ2v) is 7.42. The van der Waals surface area contributed by atoms with Gasteiger partial charge in [0.05, 0.1) is 17.4 Å². The summed E-state index contributed by atoms with van der Waals surface area (Å²) >= 11 is 0. The van der Waals surface area contributed by atoms with Crippen LogP contribution in [0.3, 0.4) is 0 Å². The van der Waals surface area contributed by atoms with Crippen molar-refractivity contribution in [3.63, 3.8) is 0 Å². The molecule has 4 rings (SSSR count). The molecule has 1 aliphatic heterocycles. The fourth-order valence-corrected chi connectivity index (χ4v) is 4.11. The Bertz CT molecular complexity index is 983. The zero-order chi connectivity index (χ0) is 19.3. The van der Waals surface area contributed by atoms with Gasteiger partial charge in [0.25, 0.3) is 5.56 Å². The Balaban J connectivity index is 1.93. The number of anilines is 1. The number of nitrogens with two attached hydrogens (primary N) is 1. The summed E-state index contributed by atoms with van der Waals surface area (Å²) < 4.78 is 20.8. The number of aromatic nitrogens is 1. The SMILES string of the molecule is Cc1c(N2CCC(CN)C2)c(F)cn2c(=O)c(OC(=O)O)cc(C3CC3)c12. The highest BCUT2D eigenvalue weighted by molar-refractivity contribution is 5.74. The lowest BCUT2D eigenvalue weighted by Gasteiger charge is -2.24. The maximum Gasteiger partial charge on any atom is 0.511 e. The molecular formula is C19H22FN3O4. The standard InChI is InChI=1S/C19H22FN3O4/c1-10-16-13(12-2-3-12)6-15(27-19(25)26)18(24)23(16)9-14(20)17(10)22-5-4-11(7-21)8-22/h6,9,11-12H,2-5,7-8,21H2,1H3,(H,25,26). The van der Waals surface area contributed by atoms with Crippen LogP contribution in [0.25, 0.3) is 5.52 Å². The number of nitrogens with zero attached hydrogens (tertiary/aromatic N) is 2. The van der Waals surface area contributed by atoms with E-state index in [0.717, 1.165) is 37.6 Å². The lowest BCUT2D eigenvalue weighted by molar-refractivity contribution is 0.143. The van der Waals surface area contributed by atoms with Crippen molar-refractivity contribution in [2.24, 2.45) is 11.7 Å². The van der Waals surface area contributed by atoms with Crippen LogP contribution in [0.1, 0.15) is 36.3 Å². The van der Waals surface area contributed by atoms with Crippen LogP contribution in [0.4, 0.5) is 14.9 Å². The molecule has 2 fully saturated rings. The normalized spacial score (nSPS) is 19.7. The summed E-state index contributed by atoms with van der Waals surface area (Å²) in [6.07, 6.45) is 2.40. The monoisotopic (exact) mass is 375 g/mol. The molecule has 0 amide bonds. The first-order chi connectivity index (χ1) is 12.9.